The quantitative estimate of drug-likeness (QED) is 0.490. The highest BCUT2D eigenvalue weighted by atomic mass is 16.6. The average molecular weight is 134 g/mol. The summed E-state index contributed by atoms with van der Waals surface area (Å²) in [4.78, 5) is 4.81. The van der Waals surface area contributed by atoms with Gasteiger partial charge in [0.25, 0.3) is 0 Å². The van der Waals surface area contributed by atoms with Crippen molar-refractivity contribution >= 4 is 0 Å². The van der Waals surface area contributed by atoms with E-state index in [4.69, 9.17) is 4.84 Å². The SMILES string of the molecule is C1=CC2=CO[N]CC2=CC1. The van der Waals surface area contributed by atoms with Crippen LogP contribution in [0.4, 0.5) is 0 Å². The van der Waals surface area contributed by atoms with Gasteiger partial charge in [-0.1, -0.05) is 18.2 Å². The molecule has 1 heterocycles. The van der Waals surface area contributed by atoms with Crippen molar-refractivity contribution in [2.45, 2.75) is 6.42 Å². The van der Waals surface area contributed by atoms with Gasteiger partial charge in [0, 0.05) is 5.57 Å². The second-order valence-electron chi connectivity index (χ2n) is 2.33. The Labute approximate surface area is 59.8 Å². The number of hydroxylamine groups is 1. The third-order valence-electron chi connectivity index (χ3n) is 1.66. The zero-order valence-electron chi connectivity index (χ0n) is 5.58. The molecule has 2 rings (SSSR count). The van der Waals surface area contributed by atoms with E-state index in [2.05, 4.69) is 23.7 Å². The number of fused-ring (bicyclic) bond motifs is 1. The van der Waals surface area contributed by atoms with E-state index in [1.165, 1.54) is 11.1 Å². The van der Waals surface area contributed by atoms with Gasteiger partial charge in [0.05, 0.1) is 6.54 Å². The summed E-state index contributed by atoms with van der Waals surface area (Å²) >= 11 is 0. The summed E-state index contributed by atoms with van der Waals surface area (Å²) in [5.41, 5.74) is 6.24. The molecule has 1 aliphatic heterocycles. The summed E-state index contributed by atoms with van der Waals surface area (Å²) < 4.78 is 0. The second kappa shape index (κ2) is 2.31. The summed E-state index contributed by atoms with van der Waals surface area (Å²) in [5.74, 6) is 0. The normalized spacial score (nSPS) is 22.4. The van der Waals surface area contributed by atoms with Crippen LogP contribution in [0.1, 0.15) is 6.42 Å². The number of allylic oxidation sites excluding steroid dienone is 3. The molecule has 2 nitrogen and oxygen atoms in total. The van der Waals surface area contributed by atoms with Crippen molar-refractivity contribution in [3.63, 3.8) is 0 Å². The Balaban J connectivity index is 2.32. The van der Waals surface area contributed by atoms with Gasteiger partial charge in [0.15, 0.2) is 0 Å². The lowest BCUT2D eigenvalue weighted by molar-refractivity contribution is 0.124. The van der Waals surface area contributed by atoms with E-state index in [1.54, 1.807) is 6.26 Å². The maximum absolute atomic E-state index is 4.81. The highest BCUT2D eigenvalue weighted by Crippen LogP contribution is 2.19. The minimum atomic E-state index is 0.705. The summed E-state index contributed by atoms with van der Waals surface area (Å²) in [6.45, 7) is 0.705. The van der Waals surface area contributed by atoms with E-state index in [0.717, 1.165) is 6.42 Å². The minimum absolute atomic E-state index is 0.705. The smallest absolute Gasteiger partial charge is 0.121 e. The maximum atomic E-state index is 4.81. The van der Waals surface area contributed by atoms with Gasteiger partial charge in [-0.25, -0.2) is 0 Å². The molecule has 0 bridgehead atoms. The Hall–Kier alpha value is -1.02. The summed E-state index contributed by atoms with van der Waals surface area (Å²) in [6, 6.07) is 0. The number of hydrogen-bond donors (Lipinski definition) is 0. The van der Waals surface area contributed by atoms with E-state index >= 15 is 0 Å². The van der Waals surface area contributed by atoms with Gasteiger partial charge in [-0.05, 0) is 17.5 Å². The lowest BCUT2D eigenvalue weighted by Gasteiger charge is -2.15. The van der Waals surface area contributed by atoms with E-state index in [1.807, 2.05) is 0 Å². The molecule has 0 aromatic heterocycles. The summed E-state index contributed by atoms with van der Waals surface area (Å²) in [6.07, 6.45) is 9.08. The van der Waals surface area contributed by atoms with Gasteiger partial charge in [0.2, 0.25) is 0 Å². The minimum Gasteiger partial charge on any atom is -0.395 e. The molecule has 51 valence electrons. The van der Waals surface area contributed by atoms with Crippen LogP contribution < -0.4 is 5.48 Å². The fraction of sp³-hybridized carbons (Fsp3) is 0.250. The van der Waals surface area contributed by atoms with Crippen LogP contribution >= 0.6 is 0 Å². The maximum Gasteiger partial charge on any atom is 0.121 e. The Morgan fingerprint density at radius 1 is 1.50 bits per heavy atom. The molecule has 0 saturated carbocycles. The number of nitrogens with zero attached hydrogens (tertiary/aromatic N) is 1. The van der Waals surface area contributed by atoms with Crippen molar-refractivity contribution in [2.24, 2.45) is 0 Å². The van der Waals surface area contributed by atoms with Crippen molar-refractivity contribution < 1.29 is 4.84 Å². The molecular formula is C8H8NO. The van der Waals surface area contributed by atoms with Crippen molar-refractivity contribution in [3.05, 3.63) is 35.6 Å². The monoisotopic (exact) mass is 134 g/mol. The molecule has 0 N–H and O–H groups in total. The summed E-state index contributed by atoms with van der Waals surface area (Å²) in [5, 5.41) is 0. The standard InChI is InChI=1S/C8H8NO/c1-2-4-8-6-10-9-5-7(8)3-1/h2-4,6H,1,5H2. The zero-order chi connectivity index (χ0) is 6.81. The van der Waals surface area contributed by atoms with Crippen molar-refractivity contribution in [3.8, 4) is 0 Å². The molecule has 0 spiro atoms. The number of hydrogen-bond acceptors (Lipinski definition) is 1. The largest absolute Gasteiger partial charge is 0.395 e. The van der Waals surface area contributed by atoms with E-state index in [0.29, 0.717) is 6.54 Å². The van der Waals surface area contributed by atoms with Gasteiger partial charge in [-0.2, -0.15) is 0 Å². The fourth-order valence-corrected chi connectivity index (χ4v) is 1.10. The Morgan fingerprint density at radius 2 is 2.50 bits per heavy atom. The fourth-order valence-electron chi connectivity index (χ4n) is 1.10. The first kappa shape index (κ1) is 5.74. The Kier molecular flexibility index (Phi) is 1.32. The zero-order valence-corrected chi connectivity index (χ0v) is 5.58. The topological polar surface area (TPSA) is 23.3 Å². The van der Waals surface area contributed by atoms with Crippen LogP contribution in [0, 0.1) is 0 Å². The molecule has 0 amide bonds. The molecule has 0 atom stereocenters. The molecular weight excluding hydrogens is 126 g/mol. The predicted molar refractivity (Wildman–Crippen MR) is 38.0 cm³/mol. The lowest BCUT2D eigenvalue weighted by Crippen LogP contribution is -2.14. The molecule has 1 aliphatic carbocycles. The van der Waals surface area contributed by atoms with Crippen molar-refractivity contribution in [2.75, 3.05) is 6.54 Å². The third-order valence-corrected chi connectivity index (χ3v) is 1.66. The van der Waals surface area contributed by atoms with Crippen LogP contribution in [0.3, 0.4) is 0 Å². The van der Waals surface area contributed by atoms with E-state index < -0.39 is 0 Å². The predicted octanol–water partition coefficient (Wildman–Crippen LogP) is 1.31. The first-order valence-corrected chi connectivity index (χ1v) is 3.35. The highest BCUT2D eigenvalue weighted by Gasteiger charge is 2.10. The second-order valence-corrected chi connectivity index (χ2v) is 2.33. The third kappa shape index (κ3) is 0.866. The molecule has 10 heavy (non-hydrogen) atoms. The van der Waals surface area contributed by atoms with Crippen LogP contribution in [0.25, 0.3) is 0 Å². The number of rotatable bonds is 0. The molecule has 0 saturated heterocycles. The first-order valence-electron chi connectivity index (χ1n) is 3.35. The Morgan fingerprint density at radius 3 is 3.40 bits per heavy atom. The molecule has 0 fully saturated rings. The van der Waals surface area contributed by atoms with E-state index in [-0.39, 0.29) is 0 Å². The average Bonchev–Trinajstić information content (AvgIpc) is 2.05. The van der Waals surface area contributed by atoms with Gasteiger partial charge >= 0.3 is 0 Å². The van der Waals surface area contributed by atoms with Gasteiger partial charge < -0.3 is 4.84 Å². The van der Waals surface area contributed by atoms with Crippen LogP contribution in [0.5, 0.6) is 0 Å². The molecule has 2 aliphatic rings. The van der Waals surface area contributed by atoms with Crippen LogP contribution in [0.15, 0.2) is 35.6 Å². The summed E-state index contributed by atoms with van der Waals surface area (Å²) in [7, 11) is 0. The molecule has 1 radical (unpaired) electrons. The van der Waals surface area contributed by atoms with Crippen LogP contribution in [-0.4, -0.2) is 6.54 Å². The molecule has 0 unspecified atom stereocenters. The van der Waals surface area contributed by atoms with Gasteiger partial charge in [0.1, 0.15) is 6.26 Å². The first-order chi connectivity index (χ1) is 4.97. The molecule has 0 aromatic carbocycles. The van der Waals surface area contributed by atoms with Gasteiger partial charge in [-0.15, -0.1) is 0 Å². The molecule has 2 heteroatoms. The van der Waals surface area contributed by atoms with Crippen LogP contribution in [0.2, 0.25) is 0 Å². The highest BCUT2D eigenvalue weighted by molar-refractivity contribution is 5.43. The Bertz CT molecular complexity index is 225. The van der Waals surface area contributed by atoms with Crippen molar-refractivity contribution in [1.82, 2.24) is 5.48 Å². The van der Waals surface area contributed by atoms with Gasteiger partial charge in [-0.3, -0.25) is 0 Å². The van der Waals surface area contributed by atoms with Crippen molar-refractivity contribution in [1.29, 1.82) is 0 Å². The van der Waals surface area contributed by atoms with E-state index in [9.17, 15) is 0 Å². The molecule has 0 aromatic rings. The van der Waals surface area contributed by atoms with Crippen LogP contribution in [-0.2, 0) is 4.84 Å². The lowest BCUT2D eigenvalue weighted by atomic mass is 10.0.